The number of benzene rings is 1. The Morgan fingerprint density at radius 3 is 2.54 bits per heavy atom. The van der Waals surface area contributed by atoms with Gasteiger partial charge in [0.15, 0.2) is 0 Å². The number of rotatable bonds is 7. The number of aryl methyl sites for hydroxylation is 1. The first kappa shape index (κ1) is 18.9. The van der Waals surface area contributed by atoms with Gasteiger partial charge in [0.05, 0.1) is 5.75 Å². The standard InChI is InChI=1S/C18H28N2O3S/c1-2-3-10-18(21)19-12-7-13-20(15-14-19)24(22,23)16-11-17-8-5-4-6-9-17/h4-6,8-9H,2-3,7,10-16H2,1H3. The molecule has 1 fully saturated rings. The molecule has 2 rings (SSSR count). The van der Waals surface area contributed by atoms with Crippen molar-refractivity contribution in [3.05, 3.63) is 35.9 Å². The lowest BCUT2D eigenvalue weighted by Gasteiger charge is -2.22. The van der Waals surface area contributed by atoms with Crippen LogP contribution in [-0.4, -0.2) is 55.5 Å². The Morgan fingerprint density at radius 1 is 1.08 bits per heavy atom. The predicted molar refractivity (Wildman–Crippen MR) is 96.2 cm³/mol. The summed E-state index contributed by atoms with van der Waals surface area (Å²) in [5.41, 5.74) is 1.03. The van der Waals surface area contributed by atoms with Gasteiger partial charge in [-0.25, -0.2) is 12.7 Å². The van der Waals surface area contributed by atoms with Crippen molar-refractivity contribution in [1.82, 2.24) is 9.21 Å². The van der Waals surface area contributed by atoms with E-state index >= 15 is 0 Å². The molecule has 1 aliphatic heterocycles. The molecular weight excluding hydrogens is 324 g/mol. The number of hydrogen-bond acceptors (Lipinski definition) is 3. The van der Waals surface area contributed by atoms with Gasteiger partial charge in [0.1, 0.15) is 0 Å². The van der Waals surface area contributed by atoms with Crippen LogP contribution >= 0.6 is 0 Å². The van der Waals surface area contributed by atoms with Crippen LogP contribution in [0.15, 0.2) is 30.3 Å². The van der Waals surface area contributed by atoms with Gasteiger partial charge in [-0.15, -0.1) is 0 Å². The van der Waals surface area contributed by atoms with Crippen LogP contribution < -0.4 is 0 Å². The normalized spacial score (nSPS) is 16.8. The van der Waals surface area contributed by atoms with E-state index in [1.54, 1.807) is 4.31 Å². The minimum atomic E-state index is -3.28. The Balaban J connectivity index is 1.88. The number of sulfonamides is 1. The van der Waals surface area contributed by atoms with Crippen molar-refractivity contribution in [3.8, 4) is 0 Å². The minimum Gasteiger partial charge on any atom is -0.341 e. The second kappa shape index (κ2) is 9.18. The summed E-state index contributed by atoms with van der Waals surface area (Å²) in [5, 5.41) is 0. The van der Waals surface area contributed by atoms with E-state index < -0.39 is 10.0 Å². The Morgan fingerprint density at radius 2 is 1.83 bits per heavy atom. The SMILES string of the molecule is CCCCC(=O)N1CCCN(S(=O)(=O)CCc2ccccc2)CC1. The smallest absolute Gasteiger partial charge is 0.222 e. The molecule has 134 valence electrons. The van der Waals surface area contributed by atoms with Crippen molar-refractivity contribution in [2.75, 3.05) is 31.9 Å². The van der Waals surface area contributed by atoms with Gasteiger partial charge in [-0.1, -0.05) is 43.7 Å². The molecule has 1 amide bonds. The number of hydrogen-bond donors (Lipinski definition) is 0. The lowest BCUT2D eigenvalue weighted by Crippen LogP contribution is -2.38. The topological polar surface area (TPSA) is 57.7 Å². The van der Waals surface area contributed by atoms with E-state index in [0.717, 1.165) is 18.4 Å². The highest BCUT2D eigenvalue weighted by atomic mass is 32.2. The summed E-state index contributed by atoms with van der Waals surface area (Å²) < 4.78 is 26.7. The zero-order valence-electron chi connectivity index (χ0n) is 14.5. The molecule has 1 aromatic rings. The molecule has 0 N–H and O–H groups in total. The highest BCUT2D eigenvalue weighted by Gasteiger charge is 2.26. The second-order valence-electron chi connectivity index (χ2n) is 6.29. The van der Waals surface area contributed by atoms with Crippen LogP contribution in [0.1, 0.15) is 38.2 Å². The number of carbonyl (C=O) groups excluding carboxylic acids is 1. The van der Waals surface area contributed by atoms with Crippen LogP contribution in [0, 0.1) is 0 Å². The van der Waals surface area contributed by atoms with Gasteiger partial charge < -0.3 is 4.90 Å². The van der Waals surface area contributed by atoms with Crippen molar-refractivity contribution in [2.24, 2.45) is 0 Å². The van der Waals surface area contributed by atoms with Crippen molar-refractivity contribution in [3.63, 3.8) is 0 Å². The zero-order chi connectivity index (χ0) is 17.4. The van der Waals surface area contributed by atoms with E-state index in [1.165, 1.54) is 0 Å². The highest BCUT2D eigenvalue weighted by Crippen LogP contribution is 2.12. The number of unbranched alkanes of at least 4 members (excludes halogenated alkanes) is 1. The predicted octanol–water partition coefficient (Wildman–Crippen LogP) is 2.28. The van der Waals surface area contributed by atoms with Crippen LogP contribution in [-0.2, 0) is 21.2 Å². The average molecular weight is 353 g/mol. The fourth-order valence-electron chi connectivity index (χ4n) is 2.93. The summed E-state index contributed by atoms with van der Waals surface area (Å²) >= 11 is 0. The highest BCUT2D eigenvalue weighted by molar-refractivity contribution is 7.89. The molecule has 0 atom stereocenters. The van der Waals surface area contributed by atoms with Crippen molar-refractivity contribution in [1.29, 1.82) is 0 Å². The summed E-state index contributed by atoms with van der Waals surface area (Å²) in [6.07, 6.45) is 3.70. The van der Waals surface area contributed by atoms with Gasteiger partial charge in [0.25, 0.3) is 0 Å². The quantitative estimate of drug-likeness (QED) is 0.756. The van der Waals surface area contributed by atoms with Crippen molar-refractivity contribution < 1.29 is 13.2 Å². The molecule has 0 aliphatic carbocycles. The third-order valence-corrected chi connectivity index (χ3v) is 6.31. The molecule has 1 aromatic carbocycles. The Labute approximate surface area is 145 Å². The Hall–Kier alpha value is -1.40. The largest absolute Gasteiger partial charge is 0.341 e. The molecular formula is C18H28N2O3S. The molecule has 0 bridgehead atoms. The Kier molecular flexibility index (Phi) is 7.24. The van der Waals surface area contributed by atoms with E-state index in [2.05, 4.69) is 6.92 Å². The van der Waals surface area contributed by atoms with Crippen molar-refractivity contribution >= 4 is 15.9 Å². The molecule has 0 aromatic heterocycles. The fraction of sp³-hybridized carbons (Fsp3) is 0.611. The van der Waals surface area contributed by atoms with E-state index in [1.807, 2.05) is 35.2 Å². The number of amides is 1. The lowest BCUT2D eigenvalue weighted by atomic mass is 10.2. The van der Waals surface area contributed by atoms with Gasteiger partial charge in [-0.3, -0.25) is 4.79 Å². The molecule has 24 heavy (non-hydrogen) atoms. The minimum absolute atomic E-state index is 0.126. The maximum atomic E-state index is 12.6. The third-order valence-electron chi connectivity index (χ3n) is 4.44. The van der Waals surface area contributed by atoms with Crippen LogP contribution in [0.4, 0.5) is 0 Å². The number of carbonyl (C=O) groups is 1. The molecule has 0 saturated carbocycles. The molecule has 5 nitrogen and oxygen atoms in total. The molecule has 0 radical (unpaired) electrons. The average Bonchev–Trinajstić information content (AvgIpc) is 2.86. The summed E-state index contributed by atoms with van der Waals surface area (Å²) in [6, 6.07) is 9.68. The first-order valence-corrected chi connectivity index (χ1v) is 10.4. The molecule has 0 unspecified atom stereocenters. The van der Waals surface area contributed by atoms with Gasteiger partial charge in [0.2, 0.25) is 15.9 Å². The number of nitrogens with zero attached hydrogens (tertiary/aromatic N) is 2. The first-order valence-electron chi connectivity index (χ1n) is 8.82. The van der Waals surface area contributed by atoms with Crippen LogP contribution in [0.3, 0.4) is 0 Å². The molecule has 1 aliphatic rings. The zero-order valence-corrected chi connectivity index (χ0v) is 15.3. The first-order chi connectivity index (χ1) is 11.5. The summed E-state index contributed by atoms with van der Waals surface area (Å²) in [7, 11) is -3.28. The van der Waals surface area contributed by atoms with Gasteiger partial charge in [-0.2, -0.15) is 0 Å². The van der Waals surface area contributed by atoms with Gasteiger partial charge >= 0.3 is 0 Å². The maximum absolute atomic E-state index is 12.6. The third kappa shape index (κ3) is 5.60. The molecule has 1 saturated heterocycles. The van der Waals surface area contributed by atoms with Crippen LogP contribution in [0.5, 0.6) is 0 Å². The molecule has 1 heterocycles. The molecule has 6 heteroatoms. The fourth-order valence-corrected chi connectivity index (χ4v) is 4.45. The second-order valence-corrected chi connectivity index (χ2v) is 8.38. The van der Waals surface area contributed by atoms with Gasteiger partial charge in [0, 0.05) is 32.6 Å². The van der Waals surface area contributed by atoms with Crippen LogP contribution in [0.25, 0.3) is 0 Å². The van der Waals surface area contributed by atoms with E-state index in [-0.39, 0.29) is 11.7 Å². The van der Waals surface area contributed by atoms with E-state index in [4.69, 9.17) is 0 Å². The van der Waals surface area contributed by atoms with E-state index in [9.17, 15) is 13.2 Å². The van der Waals surface area contributed by atoms with E-state index in [0.29, 0.717) is 45.4 Å². The summed E-state index contributed by atoms with van der Waals surface area (Å²) in [6.45, 7) is 4.15. The molecule has 0 spiro atoms. The monoisotopic (exact) mass is 352 g/mol. The Bertz CT molecular complexity index is 616. The van der Waals surface area contributed by atoms with Gasteiger partial charge in [-0.05, 0) is 24.8 Å². The van der Waals surface area contributed by atoms with Crippen molar-refractivity contribution in [2.45, 2.75) is 39.0 Å². The summed E-state index contributed by atoms with van der Waals surface area (Å²) in [4.78, 5) is 14.0. The summed E-state index contributed by atoms with van der Waals surface area (Å²) in [5.74, 6) is 0.279. The maximum Gasteiger partial charge on any atom is 0.222 e. The lowest BCUT2D eigenvalue weighted by molar-refractivity contribution is -0.131. The van der Waals surface area contributed by atoms with Crippen LogP contribution in [0.2, 0.25) is 0 Å².